The Balaban J connectivity index is 1.82. The zero-order valence-electron chi connectivity index (χ0n) is 11.7. The van der Waals surface area contributed by atoms with Crippen molar-refractivity contribution in [2.45, 2.75) is 32.1 Å². The number of fused-ring (bicyclic) bond motifs is 1. The quantitative estimate of drug-likeness (QED) is 0.826. The number of likely N-dealkylation sites (tertiary alicyclic amines) is 1. The van der Waals surface area contributed by atoms with Gasteiger partial charge in [-0.15, -0.1) is 0 Å². The maximum atomic E-state index is 12.3. The summed E-state index contributed by atoms with van der Waals surface area (Å²) in [5.41, 5.74) is 2.09. The Morgan fingerprint density at radius 3 is 2.60 bits per heavy atom. The number of rotatable bonds is 2. The number of carbonyl (C=O) groups excluding carboxylic acids is 2. The van der Waals surface area contributed by atoms with Gasteiger partial charge >= 0.3 is 0 Å². The molecule has 1 aromatic rings. The van der Waals surface area contributed by atoms with Crippen molar-refractivity contribution in [1.29, 1.82) is 0 Å². The SMILES string of the molecule is O=C(CN1C(=O)CCCc2ccccc21)N1CCCC1. The molecule has 0 aliphatic carbocycles. The molecule has 0 spiro atoms. The van der Waals surface area contributed by atoms with Crippen LogP contribution in [0.1, 0.15) is 31.2 Å². The van der Waals surface area contributed by atoms with Crippen LogP contribution in [0.2, 0.25) is 0 Å². The molecule has 4 nitrogen and oxygen atoms in total. The Morgan fingerprint density at radius 2 is 1.80 bits per heavy atom. The molecule has 1 aromatic carbocycles. The molecule has 0 radical (unpaired) electrons. The molecule has 0 aromatic heterocycles. The number of hydrogen-bond acceptors (Lipinski definition) is 2. The van der Waals surface area contributed by atoms with Crippen LogP contribution in [0.15, 0.2) is 24.3 Å². The predicted octanol–water partition coefficient (Wildman–Crippen LogP) is 1.98. The summed E-state index contributed by atoms with van der Waals surface area (Å²) in [6, 6.07) is 7.94. The topological polar surface area (TPSA) is 40.6 Å². The third-order valence-electron chi connectivity index (χ3n) is 4.17. The van der Waals surface area contributed by atoms with Crippen molar-refractivity contribution in [3.63, 3.8) is 0 Å². The molecule has 2 aliphatic rings. The van der Waals surface area contributed by atoms with Crippen LogP contribution in [0.25, 0.3) is 0 Å². The summed E-state index contributed by atoms with van der Waals surface area (Å²) >= 11 is 0. The van der Waals surface area contributed by atoms with E-state index in [0.29, 0.717) is 6.42 Å². The highest BCUT2D eigenvalue weighted by Gasteiger charge is 2.26. The second-order valence-electron chi connectivity index (χ2n) is 5.55. The van der Waals surface area contributed by atoms with Crippen molar-refractivity contribution in [3.8, 4) is 0 Å². The van der Waals surface area contributed by atoms with Gasteiger partial charge in [0.1, 0.15) is 6.54 Å². The molecule has 2 heterocycles. The lowest BCUT2D eigenvalue weighted by Crippen LogP contribution is -2.41. The summed E-state index contributed by atoms with van der Waals surface area (Å²) in [7, 11) is 0. The standard InChI is InChI=1S/C16H20N2O2/c19-15-9-5-7-13-6-1-2-8-14(13)18(15)12-16(20)17-10-3-4-11-17/h1-2,6,8H,3-5,7,9-12H2. The smallest absolute Gasteiger partial charge is 0.242 e. The molecule has 4 heteroatoms. The number of nitrogens with zero attached hydrogens (tertiary/aromatic N) is 2. The lowest BCUT2D eigenvalue weighted by molar-refractivity contribution is -0.130. The van der Waals surface area contributed by atoms with Gasteiger partial charge in [-0.2, -0.15) is 0 Å². The first kappa shape index (κ1) is 13.2. The van der Waals surface area contributed by atoms with E-state index in [1.807, 2.05) is 23.1 Å². The molecule has 0 unspecified atom stereocenters. The summed E-state index contributed by atoms with van der Waals surface area (Å²) in [6.45, 7) is 1.86. The van der Waals surface area contributed by atoms with Crippen LogP contribution >= 0.6 is 0 Å². The monoisotopic (exact) mass is 272 g/mol. The minimum Gasteiger partial charge on any atom is -0.341 e. The highest BCUT2D eigenvalue weighted by atomic mass is 16.2. The fraction of sp³-hybridized carbons (Fsp3) is 0.500. The van der Waals surface area contributed by atoms with Gasteiger partial charge in [0.25, 0.3) is 0 Å². The number of anilines is 1. The summed E-state index contributed by atoms with van der Waals surface area (Å²) in [5, 5.41) is 0. The average molecular weight is 272 g/mol. The van der Waals surface area contributed by atoms with Crippen molar-refractivity contribution < 1.29 is 9.59 Å². The zero-order chi connectivity index (χ0) is 13.9. The first-order valence-electron chi connectivity index (χ1n) is 7.42. The van der Waals surface area contributed by atoms with Crippen LogP contribution in [0.4, 0.5) is 5.69 Å². The third-order valence-corrected chi connectivity index (χ3v) is 4.17. The largest absolute Gasteiger partial charge is 0.341 e. The van der Waals surface area contributed by atoms with Gasteiger partial charge in [-0.1, -0.05) is 18.2 Å². The molecule has 1 saturated heterocycles. The Hall–Kier alpha value is -1.84. The Kier molecular flexibility index (Phi) is 3.72. The molecule has 0 atom stereocenters. The Morgan fingerprint density at radius 1 is 1.05 bits per heavy atom. The van der Waals surface area contributed by atoms with Gasteiger partial charge in [-0.05, 0) is 37.3 Å². The molecule has 1 fully saturated rings. The number of aryl methyl sites for hydroxylation is 1. The van der Waals surface area contributed by atoms with E-state index in [4.69, 9.17) is 0 Å². The van der Waals surface area contributed by atoms with E-state index in [9.17, 15) is 9.59 Å². The molecule has 0 bridgehead atoms. The first-order chi connectivity index (χ1) is 9.75. The maximum absolute atomic E-state index is 12.3. The lowest BCUT2D eigenvalue weighted by atomic mass is 10.1. The summed E-state index contributed by atoms with van der Waals surface area (Å²) in [5.74, 6) is 0.148. The summed E-state index contributed by atoms with van der Waals surface area (Å²) in [4.78, 5) is 28.2. The van der Waals surface area contributed by atoms with E-state index in [0.717, 1.165) is 44.5 Å². The van der Waals surface area contributed by atoms with E-state index in [1.165, 1.54) is 5.56 Å². The summed E-state index contributed by atoms with van der Waals surface area (Å²) in [6.07, 6.45) is 4.47. The van der Waals surface area contributed by atoms with Crippen LogP contribution in [0, 0.1) is 0 Å². The van der Waals surface area contributed by atoms with Gasteiger partial charge in [0.05, 0.1) is 0 Å². The van der Waals surface area contributed by atoms with E-state index >= 15 is 0 Å². The minimum atomic E-state index is 0.0718. The number of carbonyl (C=O) groups is 2. The molecule has 3 rings (SSSR count). The van der Waals surface area contributed by atoms with Crippen molar-refractivity contribution in [3.05, 3.63) is 29.8 Å². The average Bonchev–Trinajstić information content (AvgIpc) is 2.94. The van der Waals surface area contributed by atoms with Crippen LogP contribution in [0.3, 0.4) is 0 Å². The number of para-hydroxylation sites is 1. The van der Waals surface area contributed by atoms with Crippen molar-refractivity contribution in [1.82, 2.24) is 4.90 Å². The highest BCUT2D eigenvalue weighted by molar-refractivity contribution is 5.99. The normalized spacial score (nSPS) is 18.9. The van der Waals surface area contributed by atoms with E-state index in [-0.39, 0.29) is 18.4 Å². The van der Waals surface area contributed by atoms with Crippen molar-refractivity contribution >= 4 is 17.5 Å². The zero-order valence-corrected chi connectivity index (χ0v) is 11.7. The molecule has 106 valence electrons. The van der Waals surface area contributed by atoms with Crippen LogP contribution < -0.4 is 4.90 Å². The van der Waals surface area contributed by atoms with Crippen LogP contribution in [0.5, 0.6) is 0 Å². The van der Waals surface area contributed by atoms with Gasteiger partial charge in [-0.3, -0.25) is 9.59 Å². The Labute approximate surface area is 119 Å². The Bertz CT molecular complexity index is 521. The molecular formula is C16H20N2O2. The van der Waals surface area contributed by atoms with Gasteiger partial charge in [0, 0.05) is 25.2 Å². The van der Waals surface area contributed by atoms with Crippen LogP contribution in [-0.2, 0) is 16.0 Å². The second-order valence-corrected chi connectivity index (χ2v) is 5.55. The molecule has 0 N–H and O–H groups in total. The second kappa shape index (κ2) is 5.65. The third kappa shape index (κ3) is 2.55. The van der Waals surface area contributed by atoms with Crippen molar-refractivity contribution in [2.24, 2.45) is 0 Å². The highest BCUT2D eigenvalue weighted by Crippen LogP contribution is 2.26. The van der Waals surface area contributed by atoms with Gasteiger partial charge < -0.3 is 9.80 Å². The van der Waals surface area contributed by atoms with Gasteiger partial charge in [0.2, 0.25) is 11.8 Å². The minimum absolute atomic E-state index is 0.0718. The number of hydrogen-bond donors (Lipinski definition) is 0. The first-order valence-corrected chi connectivity index (χ1v) is 7.42. The van der Waals surface area contributed by atoms with Gasteiger partial charge in [-0.25, -0.2) is 0 Å². The fourth-order valence-corrected chi connectivity index (χ4v) is 3.06. The molecule has 20 heavy (non-hydrogen) atoms. The van der Waals surface area contributed by atoms with Crippen LogP contribution in [-0.4, -0.2) is 36.3 Å². The molecule has 0 saturated carbocycles. The van der Waals surface area contributed by atoms with E-state index in [2.05, 4.69) is 6.07 Å². The fourth-order valence-electron chi connectivity index (χ4n) is 3.06. The molecule has 2 amide bonds. The number of benzene rings is 1. The maximum Gasteiger partial charge on any atom is 0.242 e. The number of amides is 2. The summed E-state index contributed by atoms with van der Waals surface area (Å²) < 4.78 is 0. The molecule has 2 aliphatic heterocycles. The van der Waals surface area contributed by atoms with Crippen molar-refractivity contribution in [2.75, 3.05) is 24.5 Å². The predicted molar refractivity (Wildman–Crippen MR) is 77.5 cm³/mol. The lowest BCUT2D eigenvalue weighted by Gasteiger charge is -2.25. The van der Waals surface area contributed by atoms with E-state index < -0.39 is 0 Å². The van der Waals surface area contributed by atoms with Gasteiger partial charge in [0.15, 0.2) is 0 Å². The molecular weight excluding hydrogens is 252 g/mol. The van der Waals surface area contributed by atoms with E-state index in [1.54, 1.807) is 4.90 Å².